The highest BCUT2D eigenvalue weighted by Crippen LogP contribution is 2.22. The van der Waals surface area contributed by atoms with Crippen molar-refractivity contribution in [3.05, 3.63) is 47.1 Å². The molecule has 16 heavy (non-hydrogen) atoms. The SMILES string of the molecule is Cc1ccc(Nc2cc(N)ccn2)cc1Cl. The molecule has 0 atom stereocenters. The van der Waals surface area contributed by atoms with Gasteiger partial charge in [0.25, 0.3) is 0 Å². The molecule has 0 unspecified atom stereocenters. The molecule has 3 N–H and O–H groups in total. The summed E-state index contributed by atoms with van der Waals surface area (Å²) in [6, 6.07) is 9.28. The zero-order valence-electron chi connectivity index (χ0n) is 8.87. The lowest BCUT2D eigenvalue weighted by Gasteiger charge is -2.07. The van der Waals surface area contributed by atoms with Crippen molar-refractivity contribution in [2.24, 2.45) is 0 Å². The number of anilines is 3. The maximum Gasteiger partial charge on any atom is 0.132 e. The van der Waals surface area contributed by atoms with Gasteiger partial charge in [0.15, 0.2) is 0 Å². The van der Waals surface area contributed by atoms with Gasteiger partial charge in [0.1, 0.15) is 5.82 Å². The van der Waals surface area contributed by atoms with E-state index in [1.807, 2.05) is 25.1 Å². The minimum Gasteiger partial charge on any atom is -0.399 e. The summed E-state index contributed by atoms with van der Waals surface area (Å²) in [5.41, 5.74) is 8.28. The Kier molecular flexibility index (Phi) is 2.97. The Labute approximate surface area is 99.3 Å². The van der Waals surface area contributed by atoms with Gasteiger partial charge in [-0.2, -0.15) is 0 Å². The van der Waals surface area contributed by atoms with E-state index in [4.69, 9.17) is 17.3 Å². The fraction of sp³-hybridized carbons (Fsp3) is 0.0833. The molecule has 0 aliphatic carbocycles. The van der Waals surface area contributed by atoms with Crippen LogP contribution in [0.3, 0.4) is 0 Å². The quantitative estimate of drug-likeness (QED) is 0.836. The van der Waals surface area contributed by atoms with Crippen molar-refractivity contribution < 1.29 is 0 Å². The number of nitrogens with two attached hydrogens (primary N) is 1. The Morgan fingerprint density at radius 1 is 1.25 bits per heavy atom. The van der Waals surface area contributed by atoms with Crippen LogP contribution in [0.2, 0.25) is 5.02 Å². The monoisotopic (exact) mass is 233 g/mol. The zero-order valence-corrected chi connectivity index (χ0v) is 9.62. The molecule has 0 radical (unpaired) electrons. The average Bonchev–Trinajstić information content (AvgIpc) is 2.24. The Morgan fingerprint density at radius 3 is 2.75 bits per heavy atom. The summed E-state index contributed by atoms with van der Waals surface area (Å²) >= 11 is 6.03. The van der Waals surface area contributed by atoms with Crippen molar-refractivity contribution in [1.82, 2.24) is 4.98 Å². The van der Waals surface area contributed by atoms with Gasteiger partial charge >= 0.3 is 0 Å². The van der Waals surface area contributed by atoms with E-state index in [9.17, 15) is 0 Å². The number of nitrogens with zero attached hydrogens (tertiary/aromatic N) is 1. The molecule has 4 heteroatoms. The van der Waals surface area contributed by atoms with Gasteiger partial charge in [-0.05, 0) is 30.7 Å². The van der Waals surface area contributed by atoms with Gasteiger partial charge in [0.05, 0.1) is 0 Å². The van der Waals surface area contributed by atoms with Crippen LogP contribution in [0.25, 0.3) is 0 Å². The Hall–Kier alpha value is -1.74. The van der Waals surface area contributed by atoms with Crippen LogP contribution in [0.1, 0.15) is 5.56 Å². The van der Waals surface area contributed by atoms with Crippen molar-refractivity contribution in [2.75, 3.05) is 11.1 Å². The molecule has 0 aliphatic rings. The van der Waals surface area contributed by atoms with Crippen LogP contribution >= 0.6 is 11.6 Å². The minimum absolute atomic E-state index is 0.677. The van der Waals surface area contributed by atoms with Gasteiger partial charge in [-0.15, -0.1) is 0 Å². The largest absolute Gasteiger partial charge is 0.399 e. The summed E-state index contributed by atoms with van der Waals surface area (Å²) in [7, 11) is 0. The number of hydrogen-bond donors (Lipinski definition) is 2. The summed E-state index contributed by atoms with van der Waals surface area (Å²) in [4.78, 5) is 4.15. The van der Waals surface area contributed by atoms with Gasteiger partial charge < -0.3 is 11.1 Å². The highest BCUT2D eigenvalue weighted by molar-refractivity contribution is 6.31. The predicted molar refractivity (Wildman–Crippen MR) is 68.1 cm³/mol. The molecule has 1 heterocycles. The second-order valence-electron chi connectivity index (χ2n) is 3.56. The second kappa shape index (κ2) is 4.41. The predicted octanol–water partition coefficient (Wildman–Crippen LogP) is 3.37. The van der Waals surface area contributed by atoms with Crippen molar-refractivity contribution in [3.63, 3.8) is 0 Å². The molecule has 3 nitrogen and oxygen atoms in total. The van der Waals surface area contributed by atoms with E-state index >= 15 is 0 Å². The summed E-state index contributed by atoms with van der Waals surface area (Å²) in [6.07, 6.45) is 1.66. The topological polar surface area (TPSA) is 50.9 Å². The van der Waals surface area contributed by atoms with E-state index in [0.29, 0.717) is 11.5 Å². The maximum atomic E-state index is 6.03. The smallest absolute Gasteiger partial charge is 0.132 e. The third-order valence-corrected chi connectivity index (χ3v) is 2.64. The van der Waals surface area contributed by atoms with Crippen LogP contribution in [0.15, 0.2) is 36.5 Å². The summed E-state index contributed by atoms with van der Waals surface area (Å²) in [5, 5.41) is 3.87. The number of halogens is 1. The Balaban J connectivity index is 2.24. The molecule has 0 saturated carbocycles. The fourth-order valence-corrected chi connectivity index (χ4v) is 1.51. The van der Waals surface area contributed by atoms with E-state index in [2.05, 4.69) is 10.3 Å². The fourth-order valence-electron chi connectivity index (χ4n) is 1.33. The van der Waals surface area contributed by atoms with E-state index in [1.54, 1.807) is 18.3 Å². The first-order chi connectivity index (χ1) is 7.65. The van der Waals surface area contributed by atoms with Gasteiger partial charge in [0.2, 0.25) is 0 Å². The highest BCUT2D eigenvalue weighted by atomic mass is 35.5. The van der Waals surface area contributed by atoms with E-state index in [-0.39, 0.29) is 0 Å². The lowest BCUT2D eigenvalue weighted by atomic mass is 10.2. The molecule has 2 aromatic rings. The molecule has 0 amide bonds. The van der Waals surface area contributed by atoms with Crippen molar-refractivity contribution in [2.45, 2.75) is 6.92 Å². The maximum absolute atomic E-state index is 6.03. The van der Waals surface area contributed by atoms with Crippen LogP contribution < -0.4 is 11.1 Å². The van der Waals surface area contributed by atoms with Crippen LogP contribution in [0.4, 0.5) is 17.2 Å². The molecular weight excluding hydrogens is 222 g/mol. The third kappa shape index (κ3) is 2.44. The third-order valence-electron chi connectivity index (χ3n) is 2.23. The van der Waals surface area contributed by atoms with Crippen LogP contribution in [0, 0.1) is 6.92 Å². The van der Waals surface area contributed by atoms with Gasteiger partial charge in [-0.25, -0.2) is 4.98 Å². The molecule has 0 saturated heterocycles. The normalized spacial score (nSPS) is 10.1. The van der Waals surface area contributed by atoms with E-state index < -0.39 is 0 Å². The highest BCUT2D eigenvalue weighted by Gasteiger charge is 1.99. The van der Waals surface area contributed by atoms with Crippen molar-refractivity contribution in [3.8, 4) is 0 Å². The molecule has 82 valence electrons. The standard InChI is InChI=1S/C12H12ClN3/c1-8-2-3-10(7-11(8)13)16-12-6-9(14)4-5-15-12/h2-7H,1H3,(H3,14,15,16). The molecule has 0 fully saturated rings. The zero-order chi connectivity index (χ0) is 11.5. The summed E-state index contributed by atoms with van der Waals surface area (Å²) in [6.45, 7) is 1.96. The number of nitrogen functional groups attached to an aromatic ring is 1. The average molecular weight is 234 g/mol. The second-order valence-corrected chi connectivity index (χ2v) is 3.97. The van der Waals surface area contributed by atoms with Crippen LogP contribution in [0.5, 0.6) is 0 Å². The van der Waals surface area contributed by atoms with Gasteiger partial charge in [0, 0.05) is 28.7 Å². The molecule has 0 spiro atoms. The van der Waals surface area contributed by atoms with Gasteiger partial charge in [-0.1, -0.05) is 17.7 Å². The number of nitrogens with one attached hydrogen (secondary N) is 1. The lowest BCUT2D eigenvalue weighted by Crippen LogP contribution is -1.95. The molecular formula is C12H12ClN3. The number of rotatable bonds is 2. The number of aryl methyl sites for hydroxylation is 1. The minimum atomic E-state index is 0.677. The summed E-state index contributed by atoms with van der Waals surface area (Å²) in [5.74, 6) is 0.708. The Morgan fingerprint density at radius 2 is 2.06 bits per heavy atom. The Bertz CT molecular complexity index is 511. The molecule has 0 aliphatic heterocycles. The van der Waals surface area contributed by atoms with Crippen LogP contribution in [-0.4, -0.2) is 4.98 Å². The lowest BCUT2D eigenvalue weighted by molar-refractivity contribution is 1.31. The van der Waals surface area contributed by atoms with Crippen molar-refractivity contribution in [1.29, 1.82) is 0 Å². The number of aromatic nitrogens is 1. The first kappa shape index (κ1) is 10.8. The molecule has 0 bridgehead atoms. The number of pyridine rings is 1. The molecule has 1 aromatic carbocycles. The summed E-state index contributed by atoms with van der Waals surface area (Å²) < 4.78 is 0. The number of hydrogen-bond acceptors (Lipinski definition) is 3. The van der Waals surface area contributed by atoms with E-state index in [0.717, 1.165) is 16.3 Å². The van der Waals surface area contributed by atoms with E-state index in [1.165, 1.54) is 0 Å². The molecule has 2 rings (SSSR count). The molecule has 1 aromatic heterocycles. The van der Waals surface area contributed by atoms with Crippen LogP contribution in [-0.2, 0) is 0 Å². The van der Waals surface area contributed by atoms with Crippen molar-refractivity contribution >= 4 is 28.8 Å². The number of benzene rings is 1. The first-order valence-electron chi connectivity index (χ1n) is 4.90. The first-order valence-corrected chi connectivity index (χ1v) is 5.27. The van der Waals surface area contributed by atoms with Gasteiger partial charge in [-0.3, -0.25) is 0 Å².